The van der Waals surface area contributed by atoms with Gasteiger partial charge in [-0.3, -0.25) is 9.69 Å². The first kappa shape index (κ1) is 16.4. The van der Waals surface area contributed by atoms with Crippen molar-refractivity contribution in [2.45, 2.75) is 46.7 Å². The lowest BCUT2D eigenvalue weighted by Gasteiger charge is -2.24. The third-order valence-electron chi connectivity index (χ3n) is 5.63. The van der Waals surface area contributed by atoms with Crippen LogP contribution in [0.1, 0.15) is 41.4 Å². The molecule has 2 saturated heterocycles. The molecule has 4 heterocycles. The van der Waals surface area contributed by atoms with Crippen LogP contribution in [-0.4, -0.2) is 40.5 Å². The number of likely N-dealkylation sites (tertiary alicyclic amines) is 2. The molecule has 1 amide bonds. The Balaban J connectivity index is 1.41. The van der Waals surface area contributed by atoms with E-state index in [2.05, 4.69) is 10.1 Å². The summed E-state index contributed by atoms with van der Waals surface area (Å²) in [6.45, 7) is 10.1. The van der Waals surface area contributed by atoms with Crippen molar-refractivity contribution in [1.29, 1.82) is 0 Å². The van der Waals surface area contributed by atoms with Gasteiger partial charge >= 0.3 is 0 Å². The van der Waals surface area contributed by atoms with Gasteiger partial charge in [0.1, 0.15) is 17.3 Å². The monoisotopic (exact) mass is 343 g/mol. The minimum atomic E-state index is 0.0810. The topological polar surface area (TPSA) is 62.7 Å². The molecule has 2 aliphatic heterocycles. The van der Waals surface area contributed by atoms with E-state index in [1.807, 2.05) is 37.8 Å². The predicted molar refractivity (Wildman–Crippen MR) is 91.8 cm³/mol. The number of hydrogen-bond donors (Lipinski definition) is 0. The van der Waals surface area contributed by atoms with Crippen LogP contribution >= 0.6 is 0 Å². The van der Waals surface area contributed by atoms with Crippen LogP contribution in [0.4, 0.5) is 0 Å². The van der Waals surface area contributed by atoms with Crippen molar-refractivity contribution in [3.05, 3.63) is 40.7 Å². The first-order chi connectivity index (χ1) is 11.9. The Morgan fingerprint density at radius 3 is 2.72 bits per heavy atom. The van der Waals surface area contributed by atoms with Crippen molar-refractivity contribution in [3.63, 3.8) is 0 Å². The average Bonchev–Trinajstić information content (AvgIpc) is 3.29. The second-order valence-corrected chi connectivity index (χ2v) is 7.70. The van der Waals surface area contributed by atoms with Crippen LogP contribution in [0.3, 0.4) is 0 Å². The maximum atomic E-state index is 12.6. The average molecular weight is 343 g/mol. The Bertz CT molecular complexity index is 774. The third kappa shape index (κ3) is 3.11. The molecule has 4 rings (SSSR count). The maximum absolute atomic E-state index is 12.6. The Morgan fingerprint density at radius 1 is 1.20 bits per heavy atom. The standard InChI is InChI=1S/C19H25N3O3/c1-13-4-5-16(24-13)9-21-7-6-19(11-21)8-18(23)22(12-19)10-17-14(2)20-25-15(17)3/h4-5H,6-12H2,1-3H3. The van der Waals surface area contributed by atoms with Crippen LogP contribution in [0.25, 0.3) is 0 Å². The summed E-state index contributed by atoms with van der Waals surface area (Å²) in [5, 5.41) is 4.00. The van der Waals surface area contributed by atoms with E-state index in [0.717, 1.165) is 61.1 Å². The van der Waals surface area contributed by atoms with Crippen molar-refractivity contribution < 1.29 is 13.7 Å². The zero-order valence-corrected chi connectivity index (χ0v) is 15.2. The number of amides is 1. The van der Waals surface area contributed by atoms with E-state index in [-0.39, 0.29) is 11.3 Å². The quantitative estimate of drug-likeness (QED) is 0.854. The zero-order chi connectivity index (χ0) is 17.6. The molecule has 25 heavy (non-hydrogen) atoms. The first-order valence-electron chi connectivity index (χ1n) is 8.91. The van der Waals surface area contributed by atoms with Crippen molar-refractivity contribution in [2.75, 3.05) is 19.6 Å². The molecule has 2 fully saturated rings. The molecular formula is C19H25N3O3. The summed E-state index contributed by atoms with van der Waals surface area (Å²) < 4.78 is 10.9. The van der Waals surface area contributed by atoms with Crippen LogP contribution in [0.2, 0.25) is 0 Å². The highest BCUT2D eigenvalue weighted by atomic mass is 16.5. The molecule has 2 aromatic rings. The number of nitrogens with zero attached hydrogens (tertiary/aromatic N) is 3. The Labute approximate surface area is 147 Å². The number of carbonyl (C=O) groups excluding carboxylic acids is 1. The highest BCUT2D eigenvalue weighted by Gasteiger charge is 2.47. The van der Waals surface area contributed by atoms with E-state index in [4.69, 9.17) is 8.94 Å². The summed E-state index contributed by atoms with van der Waals surface area (Å²) in [4.78, 5) is 17.0. The van der Waals surface area contributed by atoms with Gasteiger partial charge in [-0.25, -0.2) is 0 Å². The van der Waals surface area contributed by atoms with E-state index in [9.17, 15) is 4.79 Å². The van der Waals surface area contributed by atoms with Gasteiger partial charge in [-0.15, -0.1) is 0 Å². The van der Waals surface area contributed by atoms with Gasteiger partial charge < -0.3 is 13.8 Å². The number of aromatic nitrogens is 1. The van der Waals surface area contributed by atoms with Gasteiger partial charge in [0, 0.05) is 30.5 Å². The Hall–Kier alpha value is -2.08. The second-order valence-electron chi connectivity index (χ2n) is 7.70. The molecular weight excluding hydrogens is 318 g/mol. The summed E-state index contributed by atoms with van der Waals surface area (Å²) in [5.41, 5.74) is 2.01. The van der Waals surface area contributed by atoms with Crippen LogP contribution < -0.4 is 0 Å². The molecule has 134 valence electrons. The number of furan rings is 1. The fraction of sp³-hybridized carbons (Fsp3) is 0.579. The van der Waals surface area contributed by atoms with Crippen molar-refractivity contribution in [1.82, 2.24) is 15.0 Å². The summed E-state index contributed by atoms with van der Waals surface area (Å²) in [5.74, 6) is 3.01. The van der Waals surface area contributed by atoms with E-state index in [1.165, 1.54) is 0 Å². The zero-order valence-electron chi connectivity index (χ0n) is 15.2. The molecule has 6 nitrogen and oxygen atoms in total. The number of carbonyl (C=O) groups is 1. The predicted octanol–water partition coefficient (Wildman–Crippen LogP) is 2.82. The maximum Gasteiger partial charge on any atom is 0.223 e. The lowest BCUT2D eigenvalue weighted by atomic mass is 9.86. The molecule has 0 aromatic carbocycles. The van der Waals surface area contributed by atoms with E-state index >= 15 is 0 Å². The summed E-state index contributed by atoms with van der Waals surface area (Å²) in [6, 6.07) is 4.05. The second kappa shape index (κ2) is 6.02. The normalized spacial score (nSPS) is 24.1. The number of rotatable bonds is 4. The summed E-state index contributed by atoms with van der Waals surface area (Å²) >= 11 is 0. The van der Waals surface area contributed by atoms with Gasteiger partial charge in [0.15, 0.2) is 0 Å². The molecule has 0 saturated carbocycles. The van der Waals surface area contributed by atoms with Gasteiger partial charge in [-0.1, -0.05) is 5.16 Å². The molecule has 1 spiro atoms. The van der Waals surface area contributed by atoms with E-state index < -0.39 is 0 Å². The molecule has 2 aromatic heterocycles. The van der Waals surface area contributed by atoms with Gasteiger partial charge in [-0.05, 0) is 45.9 Å². The molecule has 0 aliphatic carbocycles. The lowest BCUT2D eigenvalue weighted by Crippen LogP contribution is -2.31. The fourth-order valence-electron chi connectivity index (χ4n) is 4.27. The molecule has 1 unspecified atom stereocenters. The van der Waals surface area contributed by atoms with Crippen LogP contribution in [0.15, 0.2) is 21.1 Å². The molecule has 6 heteroatoms. The summed E-state index contributed by atoms with van der Waals surface area (Å²) in [7, 11) is 0. The van der Waals surface area contributed by atoms with Crippen LogP contribution in [0.5, 0.6) is 0 Å². The van der Waals surface area contributed by atoms with Gasteiger partial charge in [0.25, 0.3) is 0 Å². The van der Waals surface area contributed by atoms with E-state index in [1.54, 1.807) is 0 Å². The molecule has 2 aliphatic rings. The van der Waals surface area contributed by atoms with Crippen LogP contribution in [0, 0.1) is 26.2 Å². The highest BCUT2D eigenvalue weighted by molar-refractivity contribution is 5.79. The smallest absolute Gasteiger partial charge is 0.223 e. The van der Waals surface area contributed by atoms with Gasteiger partial charge in [0.2, 0.25) is 5.91 Å². The summed E-state index contributed by atoms with van der Waals surface area (Å²) in [6.07, 6.45) is 1.71. The minimum absolute atomic E-state index is 0.0810. The molecule has 0 radical (unpaired) electrons. The van der Waals surface area contributed by atoms with E-state index in [0.29, 0.717) is 13.0 Å². The lowest BCUT2D eigenvalue weighted by molar-refractivity contribution is -0.128. The number of hydrogen-bond acceptors (Lipinski definition) is 5. The van der Waals surface area contributed by atoms with Crippen LogP contribution in [-0.2, 0) is 17.9 Å². The highest BCUT2D eigenvalue weighted by Crippen LogP contribution is 2.41. The Kier molecular flexibility index (Phi) is 3.95. The van der Waals surface area contributed by atoms with Crippen molar-refractivity contribution in [2.24, 2.45) is 5.41 Å². The molecule has 0 N–H and O–H groups in total. The first-order valence-corrected chi connectivity index (χ1v) is 8.91. The minimum Gasteiger partial charge on any atom is -0.465 e. The molecule has 0 bridgehead atoms. The van der Waals surface area contributed by atoms with Crippen molar-refractivity contribution in [3.8, 4) is 0 Å². The van der Waals surface area contributed by atoms with Gasteiger partial charge in [0.05, 0.1) is 18.8 Å². The fourth-order valence-corrected chi connectivity index (χ4v) is 4.27. The SMILES string of the molecule is Cc1ccc(CN2CCC3(CC(=O)N(Cc4c(C)noc4C)C3)C2)o1. The van der Waals surface area contributed by atoms with Gasteiger partial charge in [-0.2, -0.15) is 0 Å². The Morgan fingerprint density at radius 2 is 2.04 bits per heavy atom. The third-order valence-corrected chi connectivity index (χ3v) is 5.63. The molecule has 1 atom stereocenters. The van der Waals surface area contributed by atoms with Crippen molar-refractivity contribution >= 4 is 5.91 Å². The largest absolute Gasteiger partial charge is 0.465 e. The number of aryl methyl sites for hydroxylation is 3.